The molecule has 0 atom stereocenters. The molecule has 0 aliphatic rings. The monoisotopic (exact) mass is 212 g/mol. The molecule has 0 amide bonds. The lowest BCUT2D eigenvalue weighted by Crippen LogP contribution is -2.16. The highest BCUT2D eigenvalue weighted by Gasteiger charge is 2.21. The first kappa shape index (κ1) is 11.4. The van der Waals surface area contributed by atoms with Crippen molar-refractivity contribution < 1.29 is 9.84 Å². The molecule has 0 saturated carbocycles. The summed E-state index contributed by atoms with van der Waals surface area (Å²) in [5, 5.41) is 9.93. The van der Waals surface area contributed by atoms with Crippen LogP contribution in [0.1, 0.15) is 19.4 Å². The number of methoxy groups -OCH3 is 1. The molecular weight excluding hydrogens is 196 g/mol. The molecular formula is C11H16O2S. The van der Waals surface area contributed by atoms with E-state index in [1.807, 2.05) is 24.5 Å². The zero-order valence-corrected chi connectivity index (χ0v) is 9.81. The minimum atomic E-state index is -0.864. The SMILES string of the molecule is COc1ccc(SC)cc1C(C)(C)O. The van der Waals surface area contributed by atoms with Gasteiger partial charge in [0.25, 0.3) is 0 Å². The molecule has 1 rings (SSSR count). The van der Waals surface area contributed by atoms with Crippen molar-refractivity contribution in [3.05, 3.63) is 23.8 Å². The largest absolute Gasteiger partial charge is 0.496 e. The maximum absolute atomic E-state index is 9.93. The summed E-state index contributed by atoms with van der Waals surface area (Å²) in [7, 11) is 1.61. The minimum absolute atomic E-state index is 0.732. The summed E-state index contributed by atoms with van der Waals surface area (Å²) in [5.41, 5.74) is -0.0382. The van der Waals surface area contributed by atoms with Crippen molar-refractivity contribution >= 4 is 11.8 Å². The summed E-state index contributed by atoms with van der Waals surface area (Å²) >= 11 is 1.65. The molecule has 0 heterocycles. The standard InChI is InChI=1S/C11H16O2S/c1-11(2,12)9-7-8(14-4)5-6-10(9)13-3/h5-7,12H,1-4H3. The van der Waals surface area contributed by atoms with Crippen molar-refractivity contribution in [3.8, 4) is 5.75 Å². The van der Waals surface area contributed by atoms with Crippen molar-refractivity contribution in [1.82, 2.24) is 0 Å². The van der Waals surface area contributed by atoms with Crippen LogP contribution in [0.2, 0.25) is 0 Å². The highest BCUT2D eigenvalue weighted by molar-refractivity contribution is 7.98. The van der Waals surface area contributed by atoms with E-state index in [1.165, 1.54) is 0 Å². The average Bonchev–Trinajstić information content (AvgIpc) is 2.15. The van der Waals surface area contributed by atoms with Crippen LogP contribution < -0.4 is 4.74 Å². The second-order valence-electron chi connectivity index (χ2n) is 3.63. The van der Waals surface area contributed by atoms with E-state index in [4.69, 9.17) is 4.74 Å². The Morgan fingerprint density at radius 2 is 2.00 bits per heavy atom. The van der Waals surface area contributed by atoms with Crippen LogP contribution in [0.25, 0.3) is 0 Å². The van der Waals surface area contributed by atoms with Crippen molar-refractivity contribution in [3.63, 3.8) is 0 Å². The van der Waals surface area contributed by atoms with Gasteiger partial charge in [-0.05, 0) is 38.3 Å². The molecule has 2 nitrogen and oxygen atoms in total. The predicted molar refractivity (Wildman–Crippen MR) is 60.0 cm³/mol. The third-order valence-corrected chi connectivity index (χ3v) is 2.79. The Morgan fingerprint density at radius 1 is 1.36 bits per heavy atom. The Labute approximate surface area is 89.3 Å². The first-order valence-corrected chi connectivity index (χ1v) is 5.66. The van der Waals surface area contributed by atoms with Gasteiger partial charge in [0.2, 0.25) is 0 Å². The molecule has 14 heavy (non-hydrogen) atoms. The van der Waals surface area contributed by atoms with Gasteiger partial charge in [-0.1, -0.05) is 0 Å². The van der Waals surface area contributed by atoms with Gasteiger partial charge >= 0.3 is 0 Å². The average molecular weight is 212 g/mol. The first-order valence-electron chi connectivity index (χ1n) is 4.44. The molecule has 3 heteroatoms. The first-order chi connectivity index (χ1) is 6.49. The number of benzene rings is 1. The van der Waals surface area contributed by atoms with E-state index >= 15 is 0 Å². The summed E-state index contributed by atoms with van der Waals surface area (Å²) in [6, 6.07) is 5.83. The second kappa shape index (κ2) is 4.24. The van der Waals surface area contributed by atoms with Crippen LogP contribution >= 0.6 is 11.8 Å². The van der Waals surface area contributed by atoms with Crippen molar-refractivity contribution in [2.75, 3.05) is 13.4 Å². The number of rotatable bonds is 3. The maximum atomic E-state index is 9.93. The number of hydrogen-bond donors (Lipinski definition) is 1. The number of thioether (sulfide) groups is 1. The molecule has 0 unspecified atom stereocenters. The van der Waals surface area contributed by atoms with Crippen LogP contribution in [0, 0.1) is 0 Å². The molecule has 0 aliphatic carbocycles. The van der Waals surface area contributed by atoms with Gasteiger partial charge in [-0.15, -0.1) is 11.8 Å². The molecule has 0 aliphatic heterocycles. The van der Waals surface area contributed by atoms with E-state index in [1.54, 1.807) is 32.7 Å². The Bertz CT molecular complexity index is 316. The van der Waals surface area contributed by atoms with E-state index in [9.17, 15) is 5.11 Å². The lowest BCUT2D eigenvalue weighted by atomic mass is 9.97. The lowest BCUT2D eigenvalue weighted by molar-refractivity contribution is 0.0754. The Hall–Kier alpha value is -0.670. The van der Waals surface area contributed by atoms with Crippen LogP contribution in [-0.4, -0.2) is 18.5 Å². The van der Waals surface area contributed by atoms with Gasteiger partial charge in [0.1, 0.15) is 5.75 Å². The zero-order chi connectivity index (χ0) is 10.8. The fraction of sp³-hybridized carbons (Fsp3) is 0.455. The van der Waals surface area contributed by atoms with Gasteiger partial charge in [-0.3, -0.25) is 0 Å². The van der Waals surface area contributed by atoms with Gasteiger partial charge < -0.3 is 9.84 Å². The number of hydrogen-bond acceptors (Lipinski definition) is 3. The third kappa shape index (κ3) is 2.42. The van der Waals surface area contributed by atoms with Gasteiger partial charge in [-0.25, -0.2) is 0 Å². The molecule has 78 valence electrons. The second-order valence-corrected chi connectivity index (χ2v) is 4.50. The summed E-state index contributed by atoms with van der Waals surface area (Å²) in [4.78, 5) is 1.13. The Balaban J connectivity index is 3.22. The fourth-order valence-corrected chi connectivity index (χ4v) is 1.73. The van der Waals surface area contributed by atoms with E-state index in [0.717, 1.165) is 16.2 Å². The van der Waals surface area contributed by atoms with E-state index in [2.05, 4.69) is 0 Å². The Kier molecular flexibility index (Phi) is 3.45. The van der Waals surface area contributed by atoms with Crippen LogP contribution in [0.3, 0.4) is 0 Å². The highest BCUT2D eigenvalue weighted by Crippen LogP contribution is 2.32. The molecule has 0 bridgehead atoms. The summed E-state index contributed by atoms with van der Waals surface area (Å²) in [6.45, 7) is 3.52. The summed E-state index contributed by atoms with van der Waals surface area (Å²) in [5.74, 6) is 0.732. The molecule has 0 spiro atoms. The molecule has 0 saturated heterocycles. The molecule has 0 radical (unpaired) electrons. The van der Waals surface area contributed by atoms with Crippen LogP contribution in [-0.2, 0) is 5.60 Å². The molecule has 0 fully saturated rings. The number of aliphatic hydroxyl groups is 1. The molecule has 1 aromatic rings. The normalized spacial score (nSPS) is 11.5. The predicted octanol–water partition coefficient (Wildman–Crippen LogP) is 2.64. The van der Waals surface area contributed by atoms with E-state index in [0.29, 0.717) is 0 Å². The molecule has 1 aromatic carbocycles. The smallest absolute Gasteiger partial charge is 0.125 e. The lowest BCUT2D eigenvalue weighted by Gasteiger charge is -2.21. The quantitative estimate of drug-likeness (QED) is 0.781. The van der Waals surface area contributed by atoms with Crippen molar-refractivity contribution in [2.45, 2.75) is 24.3 Å². The van der Waals surface area contributed by atoms with E-state index in [-0.39, 0.29) is 0 Å². The summed E-state index contributed by atoms with van der Waals surface area (Å²) < 4.78 is 5.20. The van der Waals surface area contributed by atoms with Gasteiger partial charge in [0.05, 0.1) is 12.7 Å². The van der Waals surface area contributed by atoms with Crippen molar-refractivity contribution in [1.29, 1.82) is 0 Å². The topological polar surface area (TPSA) is 29.5 Å². The van der Waals surface area contributed by atoms with Crippen molar-refractivity contribution in [2.24, 2.45) is 0 Å². The fourth-order valence-electron chi connectivity index (χ4n) is 1.29. The minimum Gasteiger partial charge on any atom is -0.496 e. The van der Waals surface area contributed by atoms with Gasteiger partial charge in [0.15, 0.2) is 0 Å². The highest BCUT2D eigenvalue weighted by atomic mass is 32.2. The zero-order valence-electron chi connectivity index (χ0n) is 9.00. The van der Waals surface area contributed by atoms with Gasteiger partial charge in [-0.2, -0.15) is 0 Å². The molecule has 0 aromatic heterocycles. The molecule has 1 N–H and O–H groups in total. The maximum Gasteiger partial charge on any atom is 0.125 e. The van der Waals surface area contributed by atoms with Gasteiger partial charge in [0, 0.05) is 10.5 Å². The number of ether oxygens (including phenoxy) is 1. The van der Waals surface area contributed by atoms with Crippen LogP contribution in [0.5, 0.6) is 5.75 Å². The summed E-state index contributed by atoms with van der Waals surface area (Å²) in [6.07, 6.45) is 2.01. The van der Waals surface area contributed by atoms with Crippen LogP contribution in [0.4, 0.5) is 0 Å². The Morgan fingerprint density at radius 3 is 2.43 bits per heavy atom. The van der Waals surface area contributed by atoms with Crippen LogP contribution in [0.15, 0.2) is 23.1 Å². The third-order valence-electron chi connectivity index (χ3n) is 2.07. The van der Waals surface area contributed by atoms with E-state index < -0.39 is 5.60 Å².